The number of nitrogens with two attached hydrogens (primary N) is 1. The van der Waals surface area contributed by atoms with Gasteiger partial charge in [-0.15, -0.1) is 0 Å². The van der Waals surface area contributed by atoms with Gasteiger partial charge < -0.3 is 5.73 Å². The number of hydrogen-bond acceptors (Lipinski definition) is 2. The average Bonchev–Trinajstić information content (AvgIpc) is 2.65. The number of hydrogen-bond donors (Lipinski definition) is 1. The van der Waals surface area contributed by atoms with Crippen molar-refractivity contribution in [3.8, 4) is 5.69 Å². The zero-order chi connectivity index (χ0) is 11.8. The van der Waals surface area contributed by atoms with Gasteiger partial charge in [-0.3, -0.25) is 0 Å². The van der Waals surface area contributed by atoms with Crippen LogP contribution in [0.2, 0.25) is 0 Å². The Balaban J connectivity index is 2.39. The Kier molecular flexibility index (Phi) is 2.46. The molecule has 84 valence electrons. The fourth-order valence-electron chi connectivity index (χ4n) is 1.52. The van der Waals surface area contributed by atoms with Crippen molar-refractivity contribution in [2.75, 3.05) is 5.73 Å². The average molecular weight is 215 g/mol. The van der Waals surface area contributed by atoms with E-state index in [1.807, 2.05) is 35.1 Å². The quantitative estimate of drug-likeness (QED) is 0.743. The number of anilines is 1. The lowest BCUT2D eigenvalue weighted by Crippen LogP contribution is -2.09. The Morgan fingerprint density at radius 1 is 1.25 bits per heavy atom. The zero-order valence-electron chi connectivity index (χ0n) is 9.94. The van der Waals surface area contributed by atoms with Crippen LogP contribution in [0.3, 0.4) is 0 Å². The number of nitrogen functional groups attached to an aromatic ring is 1. The lowest BCUT2D eigenvalue weighted by molar-refractivity contribution is 0.590. The second-order valence-corrected chi connectivity index (χ2v) is 5.02. The monoisotopic (exact) mass is 215 g/mol. The van der Waals surface area contributed by atoms with E-state index in [9.17, 15) is 0 Å². The molecule has 0 bridgehead atoms. The smallest absolute Gasteiger partial charge is 0.0666 e. The summed E-state index contributed by atoms with van der Waals surface area (Å²) in [5, 5.41) is 4.36. The van der Waals surface area contributed by atoms with Crippen LogP contribution in [0.1, 0.15) is 26.3 Å². The first-order valence-electron chi connectivity index (χ1n) is 5.38. The van der Waals surface area contributed by atoms with Gasteiger partial charge in [-0.2, -0.15) is 5.10 Å². The molecule has 0 atom stereocenters. The van der Waals surface area contributed by atoms with Crippen molar-refractivity contribution in [3.63, 3.8) is 0 Å². The topological polar surface area (TPSA) is 43.8 Å². The second kappa shape index (κ2) is 3.67. The number of rotatable bonds is 1. The molecule has 0 saturated heterocycles. The van der Waals surface area contributed by atoms with E-state index in [0.29, 0.717) is 0 Å². The largest absolute Gasteiger partial charge is 0.399 e. The summed E-state index contributed by atoms with van der Waals surface area (Å²) in [6, 6.07) is 7.72. The maximum atomic E-state index is 5.75. The van der Waals surface area contributed by atoms with E-state index in [-0.39, 0.29) is 5.41 Å². The molecule has 0 saturated carbocycles. The van der Waals surface area contributed by atoms with Crippen molar-refractivity contribution in [3.05, 3.63) is 42.2 Å². The molecule has 1 aromatic carbocycles. The van der Waals surface area contributed by atoms with E-state index in [1.165, 1.54) is 5.56 Å². The summed E-state index contributed by atoms with van der Waals surface area (Å²) in [7, 11) is 0. The molecule has 2 rings (SSSR count). The minimum absolute atomic E-state index is 0.124. The number of nitrogens with zero attached hydrogens (tertiary/aromatic N) is 2. The molecule has 0 aliphatic heterocycles. The molecule has 2 aromatic rings. The minimum atomic E-state index is 0.124. The number of benzene rings is 1. The molecule has 3 nitrogen and oxygen atoms in total. The van der Waals surface area contributed by atoms with Crippen molar-refractivity contribution in [2.24, 2.45) is 0 Å². The Bertz CT molecular complexity index is 492. The van der Waals surface area contributed by atoms with Gasteiger partial charge in [-0.1, -0.05) is 26.8 Å². The van der Waals surface area contributed by atoms with Gasteiger partial charge in [0.05, 0.1) is 11.9 Å². The van der Waals surface area contributed by atoms with Crippen LogP contribution in [0.15, 0.2) is 36.7 Å². The van der Waals surface area contributed by atoms with Crippen LogP contribution in [0.5, 0.6) is 0 Å². The summed E-state index contributed by atoms with van der Waals surface area (Å²) in [4.78, 5) is 0. The molecular weight excluding hydrogens is 198 g/mol. The van der Waals surface area contributed by atoms with Crippen LogP contribution in [-0.2, 0) is 5.41 Å². The van der Waals surface area contributed by atoms with Gasteiger partial charge in [0, 0.05) is 11.9 Å². The van der Waals surface area contributed by atoms with E-state index in [4.69, 9.17) is 5.73 Å². The molecule has 1 heterocycles. The third kappa shape index (κ3) is 2.08. The predicted molar refractivity (Wildman–Crippen MR) is 66.7 cm³/mol. The minimum Gasteiger partial charge on any atom is -0.399 e. The summed E-state index contributed by atoms with van der Waals surface area (Å²) < 4.78 is 1.86. The summed E-state index contributed by atoms with van der Waals surface area (Å²) in [5.74, 6) is 0. The van der Waals surface area contributed by atoms with Crippen LogP contribution in [0.25, 0.3) is 5.69 Å². The van der Waals surface area contributed by atoms with Gasteiger partial charge >= 0.3 is 0 Å². The lowest BCUT2D eigenvalue weighted by Gasteiger charge is -2.15. The normalized spacial score (nSPS) is 11.7. The Morgan fingerprint density at radius 3 is 2.56 bits per heavy atom. The highest BCUT2D eigenvalue weighted by atomic mass is 15.3. The van der Waals surface area contributed by atoms with Crippen LogP contribution in [0.4, 0.5) is 5.69 Å². The molecule has 1 aromatic heterocycles. The van der Waals surface area contributed by atoms with Crippen LogP contribution >= 0.6 is 0 Å². The molecular formula is C13H17N3. The van der Waals surface area contributed by atoms with Gasteiger partial charge in [-0.25, -0.2) is 4.68 Å². The van der Waals surface area contributed by atoms with Gasteiger partial charge in [0.1, 0.15) is 0 Å². The third-order valence-corrected chi connectivity index (χ3v) is 2.58. The summed E-state index contributed by atoms with van der Waals surface area (Å²) in [6.07, 6.45) is 3.96. The zero-order valence-corrected chi connectivity index (χ0v) is 9.94. The molecule has 16 heavy (non-hydrogen) atoms. The second-order valence-electron chi connectivity index (χ2n) is 5.02. The fourth-order valence-corrected chi connectivity index (χ4v) is 1.52. The SMILES string of the molecule is CC(C)(C)c1cnn(-c2cccc(N)c2)c1. The van der Waals surface area contributed by atoms with Gasteiger partial charge in [0.15, 0.2) is 0 Å². The summed E-state index contributed by atoms with van der Waals surface area (Å²) in [5.41, 5.74) is 8.84. The molecule has 0 aliphatic rings. The highest BCUT2D eigenvalue weighted by Crippen LogP contribution is 2.22. The van der Waals surface area contributed by atoms with Gasteiger partial charge in [0.2, 0.25) is 0 Å². The van der Waals surface area contributed by atoms with E-state index >= 15 is 0 Å². The van der Waals surface area contributed by atoms with Crippen molar-refractivity contribution < 1.29 is 0 Å². The first-order chi connectivity index (χ1) is 7.47. The Hall–Kier alpha value is -1.77. The van der Waals surface area contributed by atoms with Crippen molar-refractivity contribution in [2.45, 2.75) is 26.2 Å². The first kappa shape index (κ1) is 10.7. The van der Waals surface area contributed by atoms with E-state index in [1.54, 1.807) is 0 Å². The molecule has 2 N–H and O–H groups in total. The van der Waals surface area contributed by atoms with E-state index in [0.717, 1.165) is 11.4 Å². The molecule has 0 fully saturated rings. The van der Waals surface area contributed by atoms with Crippen LogP contribution in [-0.4, -0.2) is 9.78 Å². The maximum Gasteiger partial charge on any atom is 0.0666 e. The summed E-state index contributed by atoms with van der Waals surface area (Å²) in [6.45, 7) is 6.52. The molecule has 0 radical (unpaired) electrons. The standard InChI is InChI=1S/C13H17N3/c1-13(2,3)10-8-15-16(9-10)12-6-4-5-11(14)7-12/h4-9H,14H2,1-3H3. The Labute approximate surface area is 95.9 Å². The lowest BCUT2D eigenvalue weighted by atomic mass is 9.90. The van der Waals surface area contributed by atoms with Crippen molar-refractivity contribution >= 4 is 5.69 Å². The van der Waals surface area contributed by atoms with Crippen LogP contribution < -0.4 is 5.73 Å². The molecule has 0 spiro atoms. The highest BCUT2D eigenvalue weighted by Gasteiger charge is 2.15. The predicted octanol–water partition coefficient (Wildman–Crippen LogP) is 2.75. The van der Waals surface area contributed by atoms with Gasteiger partial charge in [0.25, 0.3) is 0 Å². The Morgan fingerprint density at radius 2 is 2.00 bits per heavy atom. The molecule has 0 unspecified atom stereocenters. The maximum absolute atomic E-state index is 5.75. The van der Waals surface area contributed by atoms with Crippen molar-refractivity contribution in [1.29, 1.82) is 0 Å². The third-order valence-electron chi connectivity index (χ3n) is 2.58. The van der Waals surface area contributed by atoms with Crippen LogP contribution in [0, 0.1) is 0 Å². The first-order valence-corrected chi connectivity index (χ1v) is 5.38. The highest BCUT2D eigenvalue weighted by molar-refractivity contribution is 5.47. The van der Waals surface area contributed by atoms with Crippen molar-refractivity contribution in [1.82, 2.24) is 9.78 Å². The molecule has 0 amide bonds. The van der Waals surface area contributed by atoms with E-state index in [2.05, 4.69) is 32.1 Å². The van der Waals surface area contributed by atoms with E-state index < -0.39 is 0 Å². The van der Waals surface area contributed by atoms with Gasteiger partial charge in [-0.05, 0) is 29.2 Å². The molecule has 0 aliphatic carbocycles. The molecule has 3 heteroatoms. The fraction of sp³-hybridized carbons (Fsp3) is 0.308. The number of aromatic nitrogens is 2. The summed E-state index contributed by atoms with van der Waals surface area (Å²) >= 11 is 0.